The van der Waals surface area contributed by atoms with Crippen LogP contribution in [0.3, 0.4) is 0 Å². The topological polar surface area (TPSA) is 61.9 Å². The van der Waals surface area contributed by atoms with Gasteiger partial charge >= 0.3 is 6.03 Å². The summed E-state index contributed by atoms with van der Waals surface area (Å²) in [5.74, 6) is 1.79. The van der Waals surface area contributed by atoms with Crippen molar-refractivity contribution < 1.29 is 14.3 Å². The number of urea groups is 1. The van der Waals surface area contributed by atoms with Gasteiger partial charge in [-0.3, -0.25) is 4.79 Å². The molecule has 1 aromatic carbocycles. The monoisotopic (exact) mass is 345 g/mol. The molecule has 1 aromatic rings. The molecule has 6 heteroatoms. The summed E-state index contributed by atoms with van der Waals surface area (Å²) in [5, 5.41) is 3.04. The Morgan fingerprint density at radius 2 is 1.92 bits per heavy atom. The molecule has 1 N–H and O–H groups in total. The zero-order valence-electron chi connectivity index (χ0n) is 15.2. The van der Waals surface area contributed by atoms with Crippen molar-refractivity contribution in [3.63, 3.8) is 0 Å². The Hall–Kier alpha value is -2.24. The van der Waals surface area contributed by atoms with Crippen LogP contribution in [-0.4, -0.2) is 49.6 Å². The molecular formula is C19H27N3O3. The zero-order valence-corrected chi connectivity index (χ0v) is 15.2. The highest BCUT2D eigenvalue weighted by Gasteiger charge is 2.33. The minimum absolute atomic E-state index is 0.0268. The number of benzene rings is 1. The summed E-state index contributed by atoms with van der Waals surface area (Å²) >= 11 is 0. The SMILES string of the molecule is COc1cccc(N2C[C@H](NC(=O)N3C[C@H](C)C[C@@H](C)C3)CC2=O)c1. The quantitative estimate of drug-likeness (QED) is 0.915. The molecule has 0 radical (unpaired) electrons. The molecule has 0 unspecified atom stereocenters. The number of piperidine rings is 1. The van der Waals surface area contributed by atoms with Gasteiger partial charge in [-0.2, -0.15) is 0 Å². The maximum atomic E-state index is 12.6. The largest absolute Gasteiger partial charge is 0.497 e. The first-order valence-electron chi connectivity index (χ1n) is 8.96. The van der Waals surface area contributed by atoms with Gasteiger partial charge in [0.05, 0.1) is 13.2 Å². The lowest BCUT2D eigenvalue weighted by Gasteiger charge is -2.35. The summed E-state index contributed by atoms with van der Waals surface area (Å²) in [6.07, 6.45) is 1.50. The van der Waals surface area contributed by atoms with Crippen molar-refractivity contribution in [2.24, 2.45) is 11.8 Å². The summed E-state index contributed by atoms with van der Waals surface area (Å²) in [6.45, 7) is 6.43. The van der Waals surface area contributed by atoms with E-state index in [2.05, 4.69) is 19.2 Å². The van der Waals surface area contributed by atoms with Crippen LogP contribution in [0.2, 0.25) is 0 Å². The number of amides is 3. The van der Waals surface area contributed by atoms with Crippen LogP contribution in [0.15, 0.2) is 24.3 Å². The number of nitrogens with one attached hydrogen (secondary N) is 1. The minimum Gasteiger partial charge on any atom is -0.497 e. The van der Waals surface area contributed by atoms with Crippen LogP contribution in [0.25, 0.3) is 0 Å². The molecule has 0 bridgehead atoms. The molecule has 3 rings (SSSR count). The number of rotatable bonds is 3. The Kier molecular flexibility index (Phi) is 5.16. The minimum atomic E-state index is -0.154. The van der Waals surface area contributed by atoms with E-state index >= 15 is 0 Å². The van der Waals surface area contributed by atoms with Crippen molar-refractivity contribution in [3.8, 4) is 5.75 Å². The molecule has 3 atom stereocenters. The summed E-state index contributed by atoms with van der Waals surface area (Å²) in [6, 6.07) is 7.24. The van der Waals surface area contributed by atoms with E-state index in [9.17, 15) is 9.59 Å². The first kappa shape index (κ1) is 17.6. The third-order valence-electron chi connectivity index (χ3n) is 4.97. The molecule has 2 saturated heterocycles. The zero-order chi connectivity index (χ0) is 18.0. The molecule has 2 heterocycles. The van der Waals surface area contributed by atoms with Gasteiger partial charge in [0.25, 0.3) is 0 Å². The van der Waals surface area contributed by atoms with Crippen molar-refractivity contribution in [2.75, 3.05) is 31.6 Å². The Balaban J connectivity index is 1.61. The lowest BCUT2D eigenvalue weighted by Crippen LogP contribution is -2.50. The average molecular weight is 345 g/mol. The van der Waals surface area contributed by atoms with Crippen molar-refractivity contribution in [1.29, 1.82) is 0 Å². The molecule has 2 aliphatic rings. The van der Waals surface area contributed by atoms with Gasteiger partial charge in [0.2, 0.25) is 5.91 Å². The smallest absolute Gasteiger partial charge is 0.317 e. The summed E-state index contributed by atoms with van der Waals surface area (Å²) in [4.78, 5) is 28.5. The lowest BCUT2D eigenvalue weighted by atomic mass is 9.92. The van der Waals surface area contributed by atoms with E-state index in [0.29, 0.717) is 30.6 Å². The molecule has 2 fully saturated rings. The summed E-state index contributed by atoms with van der Waals surface area (Å²) in [7, 11) is 1.61. The van der Waals surface area contributed by atoms with Crippen LogP contribution in [0.5, 0.6) is 5.75 Å². The highest BCUT2D eigenvalue weighted by atomic mass is 16.5. The van der Waals surface area contributed by atoms with E-state index in [4.69, 9.17) is 4.74 Å². The predicted molar refractivity (Wildman–Crippen MR) is 96.8 cm³/mol. The number of methoxy groups -OCH3 is 1. The Morgan fingerprint density at radius 1 is 1.20 bits per heavy atom. The van der Waals surface area contributed by atoms with Crippen LogP contribution in [0.1, 0.15) is 26.7 Å². The van der Waals surface area contributed by atoms with Gasteiger partial charge in [-0.15, -0.1) is 0 Å². The molecule has 0 aromatic heterocycles. The van der Waals surface area contributed by atoms with Crippen molar-refractivity contribution in [3.05, 3.63) is 24.3 Å². The second-order valence-electron chi connectivity index (χ2n) is 7.41. The van der Waals surface area contributed by atoms with Crippen LogP contribution in [-0.2, 0) is 4.79 Å². The molecule has 6 nitrogen and oxygen atoms in total. The van der Waals surface area contributed by atoms with Gasteiger partial charge in [-0.1, -0.05) is 19.9 Å². The second kappa shape index (κ2) is 7.33. The van der Waals surface area contributed by atoms with Gasteiger partial charge in [0.15, 0.2) is 0 Å². The highest BCUT2D eigenvalue weighted by Crippen LogP contribution is 2.26. The number of carbonyl (C=O) groups is 2. The van der Waals surface area contributed by atoms with Gasteiger partial charge in [-0.05, 0) is 30.4 Å². The third kappa shape index (κ3) is 4.06. The predicted octanol–water partition coefficient (Wildman–Crippen LogP) is 2.49. The number of likely N-dealkylation sites (tertiary alicyclic amines) is 1. The molecule has 0 saturated carbocycles. The molecule has 136 valence electrons. The number of anilines is 1. The van der Waals surface area contributed by atoms with Crippen LogP contribution in [0, 0.1) is 11.8 Å². The second-order valence-corrected chi connectivity index (χ2v) is 7.41. The van der Waals surface area contributed by atoms with Gasteiger partial charge in [0.1, 0.15) is 5.75 Å². The highest BCUT2D eigenvalue weighted by molar-refractivity contribution is 5.97. The fourth-order valence-corrected chi connectivity index (χ4v) is 3.93. The Morgan fingerprint density at radius 3 is 2.60 bits per heavy atom. The number of nitrogens with zero attached hydrogens (tertiary/aromatic N) is 2. The third-order valence-corrected chi connectivity index (χ3v) is 4.97. The van der Waals surface area contributed by atoms with Crippen LogP contribution < -0.4 is 15.0 Å². The molecular weight excluding hydrogens is 318 g/mol. The van der Waals surface area contributed by atoms with Crippen molar-refractivity contribution >= 4 is 17.6 Å². The lowest BCUT2D eigenvalue weighted by molar-refractivity contribution is -0.117. The van der Waals surface area contributed by atoms with Crippen LogP contribution >= 0.6 is 0 Å². The van der Waals surface area contributed by atoms with E-state index in [1.807, 2.05) is 29.2 Å². The fourth-order valence-electron chi connectivity index (χ4n) is 3.93. The van der Waals surface area contributed by atoms with E-state index in [0.717, 1.165) is 25.2 Å². The van der Waals surface area contributed by atoms with Gasteiger partial charge in [0, 0.05) is 37.8 Å². The number of ether oxygens (including phenoxy) is 1. The Bertz CT molecular complexity index is 639. The van der Waals surface area contributed by atoms with Crippen LogP contribution in [0.4, 0.5) is 10.5 Å². The number of carbonyl (C=O) groups excluding carboxylic acids is 2. The summed E-state index contributed by atoms with van der Waals surface area (Å²) < 4.78 is 5.23. The van der Waals surface area contributed by atoms with E-state index in [-0.39, 0.29) is 18.0 Å². The van der Waals surface area contributed by atoms with E-state index < -0.39 is 0 Å². The maximum Gasteiger partial charge on any atom is 0.317 e. The number of hydrogen-bond donors (Lipinski definition) is 1. The summed E-state index contributed by atoms with van der Waals surface area (Å²) in [5.41, 5.74) is 0.807. The van der Waals surface area contributed by atoms with Crippen molar-refractivity contribution in [1.82, 2.24) is 10.2 Å². The van der Waals surface area contributed by atoms with Crippen molar-refractivity contribution in [2.45, 2.75) is 32.7 Å². The standard InChI is InChI=1S/C19H27N3O3/c1-13-7-14(2)11-21(10-13)19(24)20-15-8-18(23)22(12-15)16-5-4-6-17(9-16)25-3/h4-6,9,13-15H,7-8,10-12H2,1-3H3,(H,20,24)/t13-,14-,15-/m1/s1. The van der Waals surface area contributed by atoms with E-state index in [1.54, 1.807) is 12.0 Å². The fraction of sp³-hybridized carbons (Fsp3) is 0.579. The Labute approximate surface area is 149 Å². The molecule has 25 heavy (non-hydrogen) atoms. The first-order valence-corrected chi connectivity index (χ1v) is 8.96. The molecule has 3 amide bonds. The van der Waals surface area contributed by atoms with Gasteiger partial charge in [-0.25, -0.2) is 4.79 Å². The van der Waals surface area contributed by atoms with E-state index in [1.165, 1.54) is 0 Å². The molecule has 2 aliphatic heterocycles. The number of hydrogen-bond acceptors (Lipinski definition) is 3. The first-order chi connectivity index (χ1) is 12.0. The maximum absolute atomic E-state index is 12.6. The van der Waals surface area contributed by atoms with Gasteiger partial charge < -0.3 is 19.9 Å². The molecule has 0 aliphatic carbocycles. The average Bonchev–Trinajstić information content (AvgIpc) is 2.94. The normalized spacial score (nSPS) is 26.7. The molecule has 0 spiro atoms.